The van der Waals surface area contributed by atoms with E-state index in [1.165, 1.54) is 18.2 Å². The lowest BCUT2D eigenvalue weighted by atomic mass is 10.1. The van der Waals surface area contributed by atoms with Crippen molar-refractivity contribution in [2.45, 2.75) is 6.42 Å². The van der Waals surface area contributed by atoms with Gasteiger partial charge in [-0.2, -0.15) is 0 Å². The Balaban J connectivity index is 1.78. The van der Waals surface area contributed by atoms with E-state index in [1.54, 1.807) is 12.0 Å². The molecule has 1 aliphatic rings. The number of piperazine rings is 1. The first-order valence-corrected chi connectivity index (χ1v) is 8.65. The van der Waals surface area contributed by atoms with Crippen molar-refractivity contribution in [3.05, 3.63) is 28.8 Å². The maximum Gasteiger partial charge on any atom is 0.257 e. The zero-order valence-corrected chi connectivity index (χ0v) is 15.1. The average molecular weight is 370 g/mol. The number of ether oxygens (including phenoxy) is 1. The molecule has 1 aromatic rings. The lowest BCUT2D eigenvalue weighted by molar-refractivity contribution is -0.122. The highest BCUT2D eigenvalue weighted by Crippen LogP contribution is 2.23. The molecule has 1 aliphatic heterocycles. The van der Waals surface area contributed by atoms with Gasteiger partial charge in [0.2, 0.25) is 5.91 Å². The normalized spacial score (nSPS) is 15.2. The molecule has 0 spiro atoms. The molecule has 2 rings (SSSR count). The van der Waals surface area contributed by atoms with Gasteiger partial charge in [-0.25, -0.2) is 0 Å². The maximum atomic E-state index is 12.5. The van der Waals surface area contributed by atoms with Gasteiger partial charge in [-0.15, -0.1) is 0 Å². The molecule has 0 aromatic heterocycles. The first-order chi connectivity index (χ1) is 12.0. The summed E-state index contributed by atoms with van der Waals surface area (Å²) < 4.78 is 4.93. The number of aromatic hydroxyl groups is 1. The largest absolute Gasteiger partial charge is 0.507 e. The number of phenols is 1. The predicted octanol–water partition coefficient (Wildman–Crippen LogP) is 0.956. The molecular formula is C17H24ClN3O4. The Labute approximate surface area is 152 Å². The van der Waals surface area contributed by atoms with E-state index in [1.807, 2.05) is 4.90 Å². The van der Waals surface area contributed by atoms with Crippen LogP contribution in [-0.4, -0.2) is 79.7 Å². The molecule has 1 saturated heterocycles. The molecule has 1 heterocycles. The van der Waals surface area contributed by atoms with E-state index in [9.17, 15) is 14.7 Å². The fraction of sp³-hybridized carbons (Fsp3) is 0.529. The second-order valence-electron chi connectivity index (χ2n) is 5.93. The quantitative estimate of drug-likeness (QED) is 0.699. The summed E-state index contributed by atoms with van der Waals surface area (Å²) in [5, 5.41) is 13.1. The van der Waals surface area contributed by atoms with Crippen molar-refractivity contribution in [2.75, 3.05) is 53.0 Å². The number of carbonyl (C=O) groups is 2. The third kappa shape index (κ3) is 5.88. The van der Waals surface area contributed by atoms with Crippen molar-refractivity contribution in [3.8, 4) is 5.75 Å². The molecule has 1 fully saturated rings. The van der Waals surface area contributed by atoms with Gasteiger partial charge in [0.15, 0.2) is 0 Å². The van der Waals surface area contributed by atoms with E-state index >= 15 is 0 Å². The minimum Gasteiger partial charge on any atom is -0.507 e. The second kappa shape index (κ2) is 9.60. The molecule has 0 atom stereocenters. The first kappa shape index (κ1) is 19.5. The van der Waals surface area contributed by atoms with E-state index < -0.39 is 0 Å². The zero-order chi connectivity index (χ0) is 18.2. The van der Waals surface area contributed by atoms with E-state index in [2.05, 4.69) is 5.32 Å². The molecule has 1 aromatic carbocycles. The highest BCUT2D eigenvalue weighted by atomic mass is 35.5. The summed E-state index contributed by atoms with van der Waals surface area (Å²) in [5.41, 5.74) is 0.205. The minimum absolute atomic E-state index is 0.0247. The Hall–Kier alpha value is -1.83. The van der Waals surface area contributed by atoms with Crippen LogP contribution in [0.1, 0.15) is 16.8 Å². The van der Waals surface area contributed by atoms with Crippen LogP contribution < -0.4 is 5.32 Å². The van der Waals surface area contributed by atoms with Gasteiger partial charge in [0, 0.05) is 51.5 Å². The average Bonchev–Trinajstić information content (AvgIpc) is 2.61. The molecular weight excluding hydrogens is 346 g/mol. The Morgan fingerprint density at radius 3 is 2.68 bits per heavy atom. The Kier molecular flexibility index (Phi) is 7.49. The number of nitrogens with zero attached hydrogens (tertiary/aromatic N) is 2. The molecule has 0 bridgehead atoms. The molecule has 0 radical (unpaired) electrons. The van der Waals surface area contributed by atoms with Crippen molar-refractivity contribution in [1.82, 2.24) is 15.1 Å². The number of halogens is 1. The van der Waals surface area contributed by atoms with Gasteiger partial charge in [0.25, 0.3) is 5.91 Å². The van der Waals surface area contributed by atoms with Crippen molar-refractivity contribution in [1.29, 1.82) is 0 Å². The number of nitrogens with one attached hydrogen (secondary N) is 1. The van der Waals surface area contributed by atoms with Crippen LogP contribution in [0.5, 0.6) is 5.75 Å². The highest BCUT2D eigenvalue weighted by molar-refractivity contribution is 6.31. The molecule has 2 amide bonds. The summed E-state index contributed by atoms with van der Waals surface area (Å²) in [6.45, 7) is 3.76. The van der Waals surface area contributed by atoms with E-state index in [0.29, 0.717) is 50.9 Å². The topological polar surface area (TPSA) is 82.1 Å². The van der Waals surface area contributed by atoms with Crippen LogP contribution in [0.15, 0.2) is 18.2 Å². The van der Waals surface area contributed by atoms with E-state index in [4.69, 9.17) is 16.3 Å². The van der Waals surface area contributed by atoms with Crippen LogP contribution in [0.4, 0.5) is 0 Å². The van der Waals surface area contributed by atoms with Gasteiger partial charge in [-0.1, -0.05) is 11.6 Å². The third-order valence-electron chi connectivity index (χ3n) is 4.06. The van der Waals surface area contributed by atoms with Gasteiger partial charge in [0.1, 0.15) is 5.75 Å². The molecule has 7 nitrogen and oxygen atoms in total. The van der Waals surface area contributed by atoms with E-state index in [0.717, 1.165) is 6.42 Å². The summed E-state index contributed by atoms with van der Waals surface area (Å²) in [6, 6.07) is 4.43. The predicted molar refractivity (Wildman–Crippen MR) is 95.0 cm³/mol. The van der Waals surface area contributed by atoms with Crippen LogP contribution in [0, 0.1) is 0 Å². The number of hydrogen-bond donors (Lipinski definition) is 2. The molecule has 25 heavy (non-hydrogen) atoms. The Morgan fingerprint density at radius 1 is 1.28 bits per heavy atom. The van der Waals surface area contributed by atoms with Gasteiger partial charge < -0.3 is 20.1 Å². The smallest absolute Gasteiger partial charge is 0.257 e. The molecule has 8 heteroatoms. The number of methoxy groups -OCH3 is 1. The van der Waals surface area contributed by atoms with Crippen LogP contribution in [0.3, 0.4) is 0 Å². The minimum atomic E-state index is -0.247. The maximum absolute atomic E-state index is 12.5. The first-order valence-electron chi connectivity index (χ1n) is 8.27. The standard InChI is InChI=1S/C17H24ClN3O4/c1-25-10-2-5-19-16(23)12-20-6-8-21(9-7-20)17(24)14-11-13(18)3-4-15(14)22/h3-4,11,22H,2,5-10,12H2,1H3,(H,19,23). The van der Waals surface area contributed by atoms with Gasteiger partial charge >= 0.3 is 0 Å². The zero-order valence-electron chi connectivity index (χ0n) is 14.3. The summed E-state index contributed by atoms with van der Waals surface area (Å²) in [5.74, 6) is -0.348. The molecule has 0 aliphatic carbocycles. The summed E-state index contributed by atoms with van der Waals surface area (Å²) in [6.07, 6.45) is 0.785. The van der Waals surface area contributed by atoms with Crippen LogP contribution in [-0.2, 0) is 9.53 Å². The second-order valence-corrected chi connectivity index (χ2v) is 6.36. The van der Waals surface area contributed by atoms with Crippen LogP contribution in [0.2, 0.25) is 5.02 Å². The number of amides is 2. The molecule has 0 saturated carbocycles. The van der Waals surface area contributed by atoms with E-state index in [-0.39, 0.29) is 23.1 Å². The SMILES string of the molecule is COCCCNC(=O)CN1CCN(C(=O)c2cc(Cl)ccc2O)CC1. The fourth-order valence-corrected chi connectivity index (χ4v) is 2.83. The van der Waals surface area contributed by atoms with Gasteiger partial charge in [-0.3, -0.25) is 14.5 Å². The van der Waals surface area contributed by atoms with Gasteiger partial charge in [0.05, 0.1) is 12.1 Å². The van der Waals surface area contributed by atoms with Crippen molar-refractivity contribution in [3.63, 3.8) is 0 Å². The molecule has 138 valence electrons. The summed E-state index contributed by atoms with van der Waals surface area (Å²) >= 11 is 5.90. The Morgan fingerprint density at radius 2 is 2.00 bits per heavy atom. The fourth-order valence-electron chi connectivity index (χ4n) is 2.66. The highest BCUT2D eigenvalue weighted by Gasteiger charge is 2.25. The molecule has 2 N–H and O–H groups in total. The number of benzene rings is 1. The van der Waals surface area contributed by atoms with Gasteiger partial charge in [-0.05, 0) is 24.6 Å². The van der Waals surface area contributed by atoms with Crippen LogP contribution in [0.25, 0.3) is 0 Å². The molecule has 0 unspecified atom stereocenters. The van der Waals surface area contributed by atoms with Crippen molar-refractivity contribution >= 4 is 23.4 Å². The number of carbonyl (C=O) groups excluding carboxylic acids is 2. The Bertz CT molecular complexity index is 604. The lowest BCUT2D eigenvalue weighted by Gasteiger charge is -2.34. The number of rotatable bonds is 7. The van der Waals surface area contributed by atoms with Crippen molar-refractivity contribution < 1.29 is 19.4 Å². The third-order valence-corrected chi connectivity index (χ3v) is 4.30. The number of hydrogen-bond acceptors (Lipinski definition) is 5. The summed E-state index contributed by atoms with van der Waals surface area (Å²) in [4.78, 5) is 28.0. The lowest BCUT2D eigenvalue weighted by Crippen LogP contribution is -2.51. The monoisotopic (exact) mass is 369 g/mol. The van der Waals surface area contributed by atoms with Crippen molar-refractivity contribution in [2.24, 2.45) is 0 Å². The summed E-state index contributed by atoms with van der Waals surface area (Å²) in [7, 11) is 1.63. The van der Waals surface area contributed by atoms with Crippen LogP contribution >= 0.6 is 11.6 Å². The number of phenolic OH excluding ortho intramolecular Hbond substituents is 1.